The maximum absolute atomic E-state index is 13.0. The first kappa shape index (κ1) is 22.6. The molecule has 0 bridgehead atoms. The highest BCUT2D eigenvalue weighted by atomic mass is 16.5. The summed E-state index contributed by atoms with van der Waals surface area (Å²) in [7, 11) is 0. The molecule has 174 valence electrons. The van der Waals surface area contributed by atoms with Gasteiger partial charge in [-0.2, -0.15) is 0 Å². The summed E-state index contributed by atoms with van der Waals surface area (Å²) in [5.41, 5.74) is 1.76. The van der Waals surface area contributed by atoms with Crippen molar-refractivity contribution in [1.82, 2.24) is 4.90 Å². The van der Waals surface area contributed by atoms with Gasteiger partial charge < -0.3 is 15.0 Å². The van der Waals surface area contributed by atoms with Crippen molar-refractivity contribution in [3.8, 4) is 5.75 Å². The molecule has 4 amide bonds. The largest absolute Gasteiger partial charge is 0.494 e. The lowest BCUT2D eigenvalue weighted by Gasteiger charge is -2.37. The van der Waals surface area contributed by atoms with Gasteiger partial charge in [0.2, 0.25) is 11.8 Å². The van der Waals surface area contributed by atoms with E-state index >= 15 is 0 Å². The molecule has 0 radical (unpaired) electrons. The van der Waals surface area contributed by atoms with Gasteiger partial charge in [0.05, 0.1) is 18.0 Å². The molecule has 1 N–H and O–H groups in total. The molecule has 2 heterocycles. The number of nitrogens with zero attached hydrogens (tertiary/aromatic N) is 3. The maximum atomic E-state index is 13.0. The van der Waals surface area contributed by atoms with Crippen LogP contribution in [-0.2, 0) is 9.59 Å². The number of hydrogen-bond donors (Lipinski definition) is 1. The van der Waals surface area contributed by atoms with Crippen LogP contribution in [0.5, 0.6) is 5.75 Å². The molecule has 0 atom stereocenters. The number of piperidine rings is 1. The highest BCUT2D eigenvalue weighted by Gasteiger charge is 2.34. The van der Waals surface area contributed by atoms with Crippen LogP contribution >= 0.6 is 0 Å². The molecule has 2 aromatic rings. The molecule has 0 aromatic heterocycles. The van der Waals surface area contributed by atoms with Crippen LogP contribution in [0.1, 0.15) is 26.7 Å². The maximum Gasteiger partial charge on any atom is 0.326 e. The quantitative estimate of drug-likeness (QED) is 0.753. The van der Waals surface area contributed by atoms with Gasteiger partial charge in [-0.25, -0.2) is 4.79 Å². The summed E-state index contributed by atoms with van der Waals surface area (Å²) in [4.78, 5) is 43.7. The smallest absolute Gasteiger partial charge is 0.326 e. The van der Waals surface area contributed by atoms with Crippen LogP contribution in [0, 0.1) is 5.92 Å². The van der Waals surface area contributed by atoms with Crippen LogP contribution in [0.4, 0.5) is 21.9 Å². The van der Waals surface area contributed by atoms with E-state index in [1.54, 1.807) is 42.5 Å². The third-order valence-electron chi connectivity index (χ3n) is 6.15. The van der Waals surface area contributed by atoms with E-state index in [-0.39, 0.29) is 24.9 Å². The van der Waals surface area contributed by atoms with Crippen molar-refractivity contribution in [2.24, 2.45) is 5.92 Å². The fourth-order valence-electron chi connectivity index (χ4n) is 4.20. The fraction of sp³-hybridized carbons (Fsp3) is 0.400. The van der Waals surface area contributed by atoms with Gasteiger partial charge in [-0.15, -0.1) is 0 Å². The molecule has 8 nitrogen and oxygen atoms in total. The Balaban J connectivity index is 1.48. The van der Waals surface area contributed by atoms with E-state index in [0.29, 0.717) is 29.6 Å². The Bertz CT molecular complexity index is 1020. The Kier molecular flexibility index (Phi) is 6.82. The topological polar surface area (TPSA) is 82.2 Å². The molecule has 4 rings (SSSR count). The number of fused-ring (bicyclic) bond motifs is 1. The molecule has 0 spiro atoms. The first-order valence-corrected chi connectivity index (χ1v) is 11.4. The molecule has 1 saturated heterocycles. The zero-order valence-corrected chi connectivity index (χ0v) is 19.1. The molecule has 2 aliphatic heterocycles. The summed E-state index contributed by atoms with van der Waals surface area (Å²) in [5, 5.41) is 2.84. The van der Waals surface area contributed by atoms with Gasteiger partial charge in [-0.1, -0.05) is 19.1 Å². The molecule has 33 heavy (non-hydrogen) atoms. The normalized spacial score (nSPS) is 16.4. The second-order valence-electron chi connectivity index (χ2n) is 8.51. The Hall–Kier alpha value is -3.55. The first-order valence-electron chi connectivity index (χ1n) is 11.4. The molecule has 2 aromatic carbocycles. The standard InChI is InChI=1S/C25H30N4O4/c1-3-33-20-10-8-19(9-11-20)26-25(32)29-17-24(31)28(21-6-4-5-7-22(21)29)16-23(30)27-14-12-18(2)13-15-27/h4-11,18H,3,12-17H2,1-2H3,(H,26,32). The van der Waals surface area contributed by atoms with Crippen LogP contribution in [0.15, 0.2) is 48.5 Å². The van der Waals surface area contributed by atoms with E-state index in [0.717, 1.165) is 31.7 Å². The number of nitrogens with one attached hydrogen (secondary N) is 1. The van der Waals surface area contributed by atoms with Crippen LogP contribution in [0.3, 0.4) is 0 Å². The molecule has 8 heteroatoms. The van der Waals surface area contributed by atoms with Gasteiger partial charge in [0.1, 0.15) is 18.8 Å². The van der Waals surface area contributed by atoms with Crippen LogP contribution in [0.25, 0.3) is 0 Å². The predicted molar refractivity (Wildman–Crippen MR) is 128 cm³/mol. The van der Waals surface area contributed by atoms with Gasteiger partial charge in [0.25, 0.3) is 0 Å². The highest BCUT2D eigenvalue weighted by molar-refractivity contribution is 6.15. The van der Waals surface area contributed by atoms with E-state index in [1.807, 2.05) is 17.9 Å². The summed E-state index contributed by atoms with van der Waals surface area (Å²) in [6.45, 7) is 5.96. The zero-order chi connectivity index (χ0) is 23.4. The van der Waals surface area contributed by atoms with E-state index in [4.69, 9.17) is 4.74 Å². The van der Waals surface area contributed by atoms with E-state index in [1.165, 1.54) is 9.80 Å². The molecule has 0 saturated carbocycles. The first-order chi connectivity index (χ1) is 16.0. The molecular weight excluding hydrogens is 420 g/mol. The SMILES string of the molecule is CCOc1ccc(NC(=O)N2CC(=O)N(CC(=O)N3CCC(C)CC3)c3ccccc32)cc1. The van der Waals surface area contributed by atoms with Crippen LogP contribution in [0.2, 0.25) is 0 Å². The lowest BCUT2D eigenvalue weighted by molar-refractivity contribution is -0.132. The third kappa shape index (κ3) is 5.10. The predicted octanol–water partition coefficient (Wildman–Crippen LogP) is 3.73. The number of ether oxygens (including phenoxy) is 1. The number of urea groups is 1. The van der Waals surface area contributed by atoms with Crippen LogP contribution < -0.4 is 19.9 Å². The number of carbonyl (C=O) groups excluding carboxylic acids is 3. The van der Waals surface area contributed by atoms with Crippen molar-refractivity contribution in [2.75, 3.05) is 47.9 Å². The molecule has 0 unspecified atom stereocenters. The van der Waals surface area contributed by atoms with E-state index < -0.39 is 6.03 Å². The highest BCUT2D eigenvalue weighted by Crippen LogP contribution is 2.34. The fourth-order valence-corrected chi connectivity index (χ4v) is 4.20. The number of hydrogen-bond acceptors (Lipinski definition) is 4. The minimum Gasteiger partial charge on any atom is -0.494 e. The van der Waals surface area contributed by atoms with Crippen molar-refractivity contribution in [3.63, 3.8) is 0 Å². The van der Waals surface area contributed by atoms with Crippen molar-refractivity contribution in [2.45, 2.75) is 26.7 Å². The molecule has 2 aliphatic rings. The van der Waals surface area contributed by atoms with Crippen molar-refractivity contribution < 1.29 is 19.1 Å². The average molecular weight is 451 g/mol. The number of anilines is 3. The monoisotopic (exact) mass is 450 g/mol. The average Bonchev–Trinajstić information content (AvgIpc) is 2.82. The van der Waals surface area contributed by atoms with Gasteiger partial charge in [0, 0.05) is 18.8 Å². The Morgan fingerprint density at radius 2 is 1.70 bits per heavy atom. The summed E-state index contributed by atoms with van der Waals surface area (Å²) in [5.74, 6) is 0.998. The Labute approximate surface area is 194 Å². The second-order valence-corrected chi connectivity index (χ2v) is 8.51. The third-order valence-corrected chi connectivity index (χ3v) is 6.15. The van der Waals surface area contributed by atoms with Gasteiger partial charge in [-0.3, -0.25) is 19.4 Å². The van der Waals surface area contributed by atoms with Gasteiger partial charge in [0.15, 0.2) is 0 Å². The minimum atomic E-state index is -0.407. The summed E-state index contributed by atoms with van der Waals surface area (Å²) in [6, 6.07) is 13.9. The number of para-hydroxylation sites is 2. The summed E-state index contributed by atoms with van der Waals surface area (Å²) in [6.07, 6.45) is 1.96. The van der Waals surface area contributed by atoms with Crippen molar-refractivity contribution >= 4 is 34.9 Å². The number of amides is 4. The second kappa shape index (κ2) is 9.94. The van der Waals surface area contributed by atoms with Crippen molar-refractivity contribution in [3.05, 3.63) is 48.5 Å². The lowest BCUT2D eigenvalue weighted by Crippen LogP contribution is -2.53. The summed E-state index contributed by atoms with van der Waals surface area (Å²) >= 11 is 0. The van der Waals surface area contributed by atoms with E-state index in [9.17, 15) is 14.4 Å². The number of carbonyl (C=O) groups is 3. The van der Waals surface area contributed by atoms with Gasteiger partial charge in [-0.05, 0) is 62.1 Å². The van der Waals surface area contributed by atoms with Gasteiger partial charge >= 0.3 is 6.03 Å². The number of rotatable bonds is 5. The zero-order valence-electron chi connectivity index (χ0n) is 19.1. The molecular formula is C25H30N4O4. The minimum absolute atomic E-state index is 0.0153. The molecule has 0 aliphatic carbocycles. The van der Waals surface area contributed by atoms with E-state index in [2.05, 4.69) is 12.2 Å². The number of likely N-dealkylation sites (tertiary alicyclic amines) is 1. The van der Waals surface area contributed by atoms with Crippen LogP contribution in [-0.4, -0.2) is 55.5 Å². The molecule has 1 fully saturated rings. The Morgan fingerprint density at radius 3 is 2.36 bits per heavy atom. The number of benzene rings is 2. The summed E-state index contributed by atoms with van der Waals surface area (Å²) < 4.78 is 5.43. The van der Waals surface area contributed by atoms with Crippen molar-refractivity contribution in [1.29, 1.82) is 0 Å². The lowest BCUT2D eigenvalue weighted by atomic mass is 9.99. The Morgan fingerprint density at radius 1 is 1.03 bits per heavy atom.